The number of nitrogens with one attached hydrogen (secondary N) is 1. The smallest absolute Gasteiger partial charge is 0.228 e. The van der Waals surface area contributed by atoms with Crippen LogP contribution in [-0.4, -0.2) is 43.9 Å². The van der Waals surface area contributed by atoms with Crippen LogP contribution >= 0.6 is 0 Å². The van der Waals surface area contributed by atoms with Gasteiger partial charge in [-0.05, 0) is 36.6 Å². The number of phenols is 1. The highest BCUT2D eigenvalue weighted by molar-refractivity contribution is 6.23. The molecule has 34 heavy (non-hydrogen) atoms. The van der Waals surface area contributed by atoms with E-state index in [0.717, 1.165) is 11.1 Å². The Kier molecular flexibility index (Phi) is 7.73. The zero-order valence-corrected chi connectivity index (χ0v) is 19.6. The van der Waals surface area contributed by atoms with Crippen molar-refractivity contribution in [1.82, 2.24) is 0 Å². The summed E-state index contributed by atoms with van der Waals surface area (Å²) in [6.45, 7) is 1.61. The van der Waals surface area contributed by atoms with Gasteiger partial charge in [-0.1, -0.05) is 24.3 Å². The van der Waals surface area contributed by atoms with E-state index in [2.05, 4.69) is 5.32 Å². The number of phenolic OH excluding ortho intramolecular Hbond substituents is 1. The van der Waals surface area contributed by atoms with Crippen LogP contribution in [0.4, 0.5) is 5.69 Å². The van der Waals surface area contributed by atoms with Crippen molar-refractivity contribution in [1.29, 1.82) is 0 Å². The fourth-order valence-corrected chi connectivity index (χ4v) is 3.68. The number of amides is 1. The van der Waals surface area contributed by atoms with Gasteiger partial charge in [0, 0.05) is 35.7 Å². The number of ether oxygens (including phenoxy) is 3. The summed E-state index contributed by atoms with van der Waals surface area (Å²) in [6, 6.07) is 12.2. The molecule has 1 aliphatic rings. The van der Waals surface area contributed by atoms with Gasteiger partial charge < -0.3 is 24.6 Å². The lowest BCUT2D eigenvalue weighted by molar-refractivity contribution is -0.121. The Bertz CT molecular complexity index is 1180. The van der Waals surface area contributed by atoms with Crippen LogP contribution in [-0.2, 0) is 36.7 Å². The number of rotatable bonds is 9. The minimum atomic E-state index is -0.359. The maximum atomic E-state index is 12.8. The van der Waals surface area contributed by atoms with Gasteiger partial charge in [-0.25, -0.2) is 0 Å². The van der Waals surface area contributed by atoms with Crippen LogP contribution in [0.1, 0.15) is 24.5 Å². The molecule has 0 spiro atoms. The molecule has 0 bridgehead atoms. The molecule has 178 valence electrons. The van der Waals surface area contributed by atoms with Crippen molar-refractivity contribution in [3.63, 3.8) is 0 Å². The third kappa shape index (κ3) is 5.28. The maximum absolute atomic E-state index is 12.8. The number of anilines is 1. The molecule has 0 saturated heterocycles. The number of aromatic hydroxyl groups is 1. The van der Waals surface area contributed by atoms with E-state index in [4.69, 9.17) is 14.2 Å². The van der Waals surface area contributed by atoms with Crippen molar-refractivity contribution in [3.05, 3.63) is 76.3 Å². The van der Waals surface area contributed by atoms with Crippen LogP contribution in [0.3, 0.4) is 0 Å². The van der Waals surface area contributed by atoms with Gasteiger partial charge in [0.15, 0.2) is 11.5 Å². The third-order valence-corrected chi connectivity index (χ3v) is 5.60. The number of Topliss-reactive ketones (excluding diaryl/α,β-unsaturated/α-hetero) is 2. The monoisotopic (exact) mass is 465 g/mol. The van der Waals surface area contributed by atoms with Crippen molar-refractivity contribution in [2.75, 3.05) is 26.6 Å². The highest BCUT2D eigenvalue weighted by Gasteiger charge is 2.34. The number of methoxy groups -OCH3 is 3. The second-order valence-corrected chi connectivity index (χ2v) is 7.76. The number of carbonyl (C=O) groups excluding carboxylic acids is 3. The molecule has 0 aliphatic heterocycles. The lowest BCUT2D eigenvalue weighted by atomic mass is 9.88. The molecule has 2 aromatic carbocycles. The van der Waals surface area contributed by atoms with Crippen molar-refractivity contribution < 1.29 is 33.7 Å². The van der Waals surface area contributed by atoms with Crippen LogP contribution in [0, 0.1) is 0 Å². The molecule has 0 atom stereocenters. The lowest BCUT2D eigenvalue weighted by Crippen LogP contribution is -2.26. The fourth-order valence-electron chi connectivity index (χ4n) is 3.68. The van der Waals surface area contributed by atoms with Gasteiger partial charge in [-0.15, -0.1) is 0 Å². The number of benzene rings is 2. The highest BCUT2D eigenvalue weighted by atomic mass is 16.5. The summed E-state index contributed by atoms with van der Waals surface area (Å²) in [5, 5.41) is 12.6. The molecule has 0 unspecified atom stereocenters. The predicted molar refractivity (Wildman–Crippen MR) is 126 cm³/mol. The first-order valence-electron chi connectivity index (χ1n) is 10.6. The molecule has 8 heteroatoms. The number of hydrogen-bond donors (Lipinski definition) is 2. The average molecular weight is 466 g/mol. The zero-order chi connectivity index (χ0) is 24.8. The van der Waals surface area contributed by atoms with E-state index in [1.54, 1.807) is 19.1 Å². The molecule has 8 nitrogen and oxygen atoms in total. The molecule has 1 aliphatic carbocycles. The topological polar surface area (TPSA) is 111 Å². The van der Waals surface area contributed by atoms with Gasteiger partial charge in [0.25, 0.3) is 0 Å². The largest absolute Gasteiger partial charge is 0.504 e. The lowest BCUT2D eigenvalue weighted by Gasteiger charge is -2.20. The molecule has 1 amide bonds. The van der Waals surface area contributed by atoms with Crippen LogP contribution in [0.15, 0.2) is 65.1 Å². The third-order valence-electron chi connectivity index (χ3n) is 5.60. The summed E-state index contributed by atoms with van der Waals surface area (Å²) >= 11 is 0. The Hall–Kier alpha value is -4.07. The molecule has 0 heterocycles. The first-order valence-corrected chi connectivity index (χ1v) is 10.6. The standard InChI is InChI=1S/C26H27NO7/c1-15-19(24(31)26(34-4)25(33-3)23(15)30)13-17-7-5-16(6-8-17)9-12-22(29)27-18-10-11-21(32-2)20(28)14-18/h5-8,10-11,14,28H,9,12-13H2,1-4H3,(H,27,29). The van der Waals surface area contributed by atoms with Crippen LogP contribution in [0.25, 0.3) is 0 Å². The fraction of sp³-hybridized carbons (Fsp3) is 0.269. The Morgan fingerprint density at radius 3 is 2.09 bits per heavy atom. The Labute approximate surface area is 197 Å². The molecule has 3 rings (SSSR count). The average Bonchev–Trinajstić information content (AvgIpc) is 2.83. The maximum Gasteiger partial charge on any atom is 0.228 e. The molecule has 0 radical (unpaired) electrons. The van der Waals surface area contributed by atoms with Gasteiger partial charge in [-0.2, -0.15) is 0 Å². The molecule has 0 fully saturated rings. The molecule has 0 saturated carbocycles. The Morgan fingerprint density at radius 2 is 1.50 bits per heavy atom. The second kappa shape index (κ2) is 10.7. The number of hydrogen-bond acceptors (Lipinski definition) is 7. The van der Waals surface area contributed by atoms with Gasteiger partial charge in [0.2, 0.25) is 29.0 Å². The second-order valence-electron chi connectivity index (χ2n) is 7.76. The number of aryl methyl sites for hydroxylation is 1. The number of ketones is 2. The van der Waals surface area contributed by atoms with Crippen molar-refractivity contribution in [3.8, 4) is 11.5 Å². The van der Waals surface area contributed by atoms with Gasteiger partial charge >= 0.3 is 0 Å². The van der Waals surface area contributed by atoms with E-state index in [1.165, 1.54) is 27.4 Å². The van der Waals surface area contributed by atoms with E-state index in [1.807, 2.05) is 24.3 Å². The molecule has 2 aromatic rings. The zero-order valence-electron chi connectivity index (χ0n) is 19.6. The first kappa shape index (κ1) is 24.6. The van der Waals surface area contributed by atoms with Crippen LogP contribution in [0.2, 0.25) is 0 Å². The molecule has 2 N–H and O–H groups in total. The van der Waals surface area contributed by atoms with E-state index in [0.29, 0.717) is 29.0 Å². The summed E-state index contributed by atoms with van der Waals surface area (Å²) in [6.07, 6.45) is 1.05. The SMILES string of the molecule is COC1=C(OC)C(=O)C(Cc2ccc(CCC(=O)Nc3ccc(OC)c(O)c3)cc2)=C(C)C1=O. The van der Waals surface area contributed by atoms with Gasteiger partial charge in [0.1, 0.15) is 0 Å². The van der Waals surface area contributed by atoms with E-state index < -0.39 is 0 Å². The van der Waals surface area contributed by atoms with Gasteiger partial charge in [0.05, 0.1) is 21.3 Å². The summed E-state index contributed by atoms with van der Waals surface area (Å²) in [5.41, 5.74) is 3.00. The van der Waals surface area contributed by atoms with Crippen LogP contribution < -0.4 is 10.1 Å². The summed E-state index contributed by atoms with van der Waals surface area (Å²) in [5.74, 6) is -0.784. The number of allylic oxidation sites excluding steroid dienone is 2. The van der Waals surface area contributed by atoms with E-state index >= 15 is 0 Å². The summed E-state index contributed by atoms with van der Waals surface area (Å²) in [4.78, 5) is 37.6. The minimum Gasteiger partial charge on any atom is -0.504 e. The first-order chi connectivity index (χ1) is 16.3. The van der Waals surface area contributed by atoms with Gasteiger partial charge in [-0.3, -0.25) is 14.4 Å². The molecular formula is C26H27NO7. The minimum absolute atomic E-state index is 0.0501. The highest BCUT2D eigenvalue weighted by Crippen LogP contribution is 2.29. The van der Waals surface area contributed by atoms with Crippen molar-refractivity contribution >= 4 is 23.2 Å². The normalized spacial score (nSPS) is 13.8. The summed E-state index contributed by atoms with van der Waals surface area (Å²) < 4.78 is 15.2. The summed E-state index contributed by atoms with van der Waals surface area (Å²) in [7, 11) is 4.12. The molecular weight excluding hydrogens is 438 g/mol. The van der Waals surface area contributed by atoms with E-state index in [-0.39, 0.29) is 47.6 Å². The molecule has 0 aromatic heterocycles. The predicted octanol–water partition coefficient (Wildman–Crippen LogP) is 3.49. The quantitative estimate of drug-likeness (QED) is 0.546. The Balaban J connectivity index is 1.60. The van der Waals surface area contributed by atoms with Crippen LogP contribution in [0.5, 0.6) is 11.5 Å². The van der Waals surface area contributed by atoms with E-state index in [9.17, 15) is 19.5 Å². The van der Waals surface area contributed by atoms with Crippen molar-refractivity contribution in [2.45, 2.75) is 26.2 Å². The van der Waals surface area contributed by atoms with Crippen molar-refractivity contribution in [2.24, 2.45) is 0 Å². The number of carbonyl (C=O) groups is 3. The Morgan fingerprint density at radius 1 is 0.882 bits per heavy atom.